The van der Waals surface area contributed by atoms with Crippen LogP contribution in [0.2, 0.25) is 0 Å². The number of benzene rings is 3. The summed E-state index contributed by atoms with van der Waals surface area (Å²) in [4.78, 5) is 31.9. The summed E-state index contributed by atoms with van der Waals surface area (Å²) in [6.45, 7) is 0. The molecule has 6 rings (SSSR count). The summed E-state index contributed by atoms with van der Waals surface area (Å²) in [6, 6.07) is 20.4. The average Bonchev–Trinajstić information content (AvgIpc) is 3.72. The molecule has 1 fully saturated rings. The van der Waals surface area contributed by atoms with Crippen LogP contribution in [-0.2, 0) is 4.74 Å². The Balaban J connectivity index is 1.68. The summed E-state index contributed by atoms with van der Waals surface area (Å²) in [5.74, 6) is 1.46. The molecule has 0 aliphatic heterocycles. The van der Waals surface area contributed by atoms with E-state index in [1.54, 1.807) is 50.6 Å². The van der Waals surface area contributed by atoms with Gasteiger partial charge in [0, 0.05) is 17.2 Å². The smallest absolute Gasteiger partial charge is 0.337 e. The second-order valence-corrected chi connectivity index (χ2v) is 9.73. The first-order valence-corrected chi connectivity index (χ1v) is 13.0. The van der Waals surface area contributed by atoms with Crippen LogP contribution in [0.4, 0.5) is 0 Å². The lowest BCUT2D eigenvalue weighted by Crippen LogP contribution is -2.07. The lowest BCUT2D eigenvalue weighted by atomic mass is 10.0. The maximum atomic E-state index is 14.3. The topological polar surface area (TPSA) is 84.1 Å². The Morgan fingerprint density at radius 1 is 0.795 bits per heavy atom. The van der Waals surface area contributed by atoms with Gasteiger partial charge in [-0.3, -0.25) is 9.20 Å². The molecular formula is C31H29N3O5. The van der Waals surface area contributed by atoms with E-state index in [0.717, 1.165) is 42.3 Å². The molecule has 0 atom stereocenters. The number of methoxy groups -OCH3 is 3. The Morgan fingerprint density at radius 2 is 1.41 bits per heavy atom. The van der Waals surface area contributed by atoms with E-state index in [-0.39, 0.29) is 11.8 Å². The number of hydrogen-bond acceptors (Lipinski definition) is 6. The van der Waals surface area contributed by atoms with E-state index in [1.165, 1.54) is 7.11 Å². The van der Waals surface area contributed by atoms with Crippen LogP contribution >= 0.6 is 0 Å². The van der Waals surface area contributed by atoms with Crippen molar-refractivity contribution < 1.29 is 23.8 Å². The highest BCUT2D eigenvalue weighted by atomic mass is 16.5. The van der Waals surface area contributed by atoms with E-state index in [9.17, 15) is 9.59 Å². The van der Waals surface area contributed by atoms with Gasteiger partial charge in [0.2, 0.25) is 11.6 Å². The van der Waals surface area contributed by atoms with Crippen LogP contribution in [0, 0.1) is 0 Å². The van der Waals surface area contributed by atoms with Gasteiger partial charge in [-0.2, -0.15) is 0 Å². The van der Waals surface area contributed by atoms with Crippen molar-refractivity contribution in [3.63, 3.8) is 0 Å². The van der Waals surface area contributed by atoms with E-state index < -0.39 is 5.97 Å². The highest BCUT2D eigenvalue weighted by Gasteiger charge is 2.30. The van der Waals surface area contributed by atoms with Gasteiger partial charge in [-0.1, -0.05) is 12.8 Å². The molecule has 0 N–H and O–H groups in total. The number of hydrogen-bond donors (Lipinski definition) is 0. The van der Waals surface area contributed by atoms with Crippen molar-refractivity contribution in [2.75, 3.05) is 21.3 Å². The molecule has 1 aliphatic carbocycles. The van der Waals surface area contributed by atoms with Crippen LogP contribution in [0.3, 0.4) is 0 Å². The Hall–Kier alpha value is -4.59. The van der Waals surface area contributed by atoms with Crippen molar-refractivity contribution in [1.29, 1.82) is 0 Å². The molecule has 5 aromatic rings. The van der Waals surface area contributed by atoms with Crippen molar-refractivity contribution in [2.45, 2.75) is 31.7 Å². The Labute approximate surface area is 225 Å². The van der Waals surface area contributed by atoms with Crippen molar-refractivity contribution >= 4 is 28.6 Å². The molecule has 0 bridgehead atoms. The predicted octanol–water partition coefficient (Wildman–Crippen LogP) is 6.11. The third kappa shape index (κ3) is 4.12. The minimum atomic E-state index is -0.433. The van der Waals surface area contributed by atoms with Gasteiger partial charge < -0.3 is 18.8 Å². The molecule has 2 aromatic heterocycles. The number of esters is 1. The average molecular weight is 524 g/mol. The Bertz CT molecular complexity index is 1690. The zero-order chi connectivity index (χ0) is 27.1. The molecule has 3 aromatic carbocycles. The second kappa shape index (κ2) is 9.94. The molecule has 0 unspecified atom stereocenters. The number of imidazole rings is 2. The zero-order valence-corrected chi connectivity index (χ0v) is 22.1. The summed E-state index contributed by atoms with van der Waals surface area (Å²) in [5, 5.41) is 0. The molecule has 2 heterocycles. The molecule has 39 heavy (non-hydrogen) atoms. The van der Waals surface area contributed by atoms with E-state index in [1.807, 2.05) is 34.7 Å². The van der Waals surface area contributed by atoms with E-state index in [2.05, 4.69) is 4.57 Å². The predicted molar refractivity (Wildman–Crippen MR) is 148 cm³/mol. The molecule has 198 valence electrons. The van der Waals surface area contributed by atoms with Gasteiger partial charge in [0.25, 0.3) is 0 Å². The van der Waals surface area contributed by atoms with Gasteiger partial charge >= 0.3 is 5.97 Å². The largest absolute Gasteiger partial charge is 0.497 e. The summed E-state index contributed by atoms with van der Waals surface area (Å²) in [5.41, 5.74) is 4.41. The summed E-state index contributed by atoms with van der Waals surface area (Å²) in [7, 11) is 4.58. The third-order valence-electron chi connectivity index (χ3n) is 7.59. The molecule has 8 nitrogen and oxygen atoms in total. The lowest BCUT2D eigenvalue weighted by Gasteiger charge is -2.13. The number of ketones is 1. The minimum Gasteiger partial charge on any atom is -0.497 e. The second-order valence-electron chi connectivity index (χ2n) is 9.73. The Morgan fingerprint density at radius 3 is 2.03 bits per heavy atom. The summed E-state index contributed by atoms with van der Waals surface area (Å²) >= 11 is 0. The Kier molecular flexibility index (Phi) is 6.30. The highest BCUT2D eigenvalue weighted by Crippen LogP contribution is 2.38. The van der Waals surface area contributed by atoms with Crippen molar-refractivity contribution in [2.24, 2.45) is 0 Å². The van der Waals surface area contributed by atoms with Crippen molar-refractivity contribution in [1.82, 2.24) is 14.0 Å². The highest BCUT2D eigenvalue weighted by molar-refractivity contribution is 6.13. The van der Waals surface area contributed by atoms with Crippen LogP contribution in [0.5, 0.6) is 11.5 Å². The van der Waals surface area contributed by atoms with E-state index >= 15 is 0 Å². The quantitative estimate of drug-likeness (QED) is 0.189. The van der Waals surface area contributed by atoms with Crippen LogP contribution in [0.15, 0.2) is 66.7 Å². The molecule has 0 saturated heterocycles. The molecule has 0 radical (unpaired) electrons. The van der Waals surface area contributed by atoms with E-state index in [0.29, 0.717) is 39.8 Å². The fraction of sp³-hybridized carbons (Fsp3) is 0.258. The first-order valence-electron chi connectivity index (χ1n) is 13.0. The van der Waals surface area contributed by atoms with Gasteiger partial charge in [-0.25, -0.2) is 9.78 Å². The maximum absolute atomic E-state index is 14.3. The number of aromatic nitrogens is 3. The van der Waals surface area contributed by atoms with Gasteiger partial charge in [0.1, 0.15) is 22.9 Å². The van der Waals surface area contributed by atoms with Gasteiger partial charge in [0.05, 0.1) is 37.9 Å². The molecule has 1 aliphatic rings. The molecule has 0 amide bonds. The third-order valence-corrected chi connectivity index (χ3v) is 7.59. The maximum Gasteiger partial charge on any atom is 0.337 e. The van der Waals surface area contributed by atoms with Crippen LogP contribution in [-0.4, -0.2) is 47.0 Å². The summed E-state index contributed by atoms with van der Waals surface area (Å²) < 4.78 is 19.8. The zero-order valence-electron chi connectivity index (χ0n) is 22.1. The van der Waals surface area contributed by atoms with Crippen LogP contribution < -0.4 is 9.47 Å². The minimum absolute atomic E-state index is 0.176. The fourth-order valence-electron chi connectivity index (χ4n) is 5.62. The summed E-state index contributed by atoms with van der Waals surface area (Å²) in [6.07, 6.45) is 4.34. The van der Waals surface area contributed by atoms with Crippen molar-refractivity contribution in [3.05, 3.63) is 83.6 Å². The first kappa shape index (κ1) is 24.7. The van der Waals surface area contributed by atoms with Crippen LogP contribution in [0.25, 0.3) is 28.1 Å². The molecule has 8 heteroatoms. The normalized spacial score (nSPS) is 13.7. The standard InChI is InChI=1S/C31H29N3O5/c1-37-23-13-8-19(9-14-23)27-28(29(35)20-10-15-24(38-2)16-11-20)34-26-18-21(30(36)39-3)12-17-25(26)33(31(34)32-27)22-6-4-5-7-22/h8-18,22H,4-7H2,1-3H3. The molecule has 0 spiro atoms. The molecular weight excluding hydrogens is 494 g/mol. The number of carbonyl (C=O) groups excluding carboxylic acids is 2. The monoisotopic (exact) mass is 523 g/mol. The lowest BCUT2D eigenvalue weighted by molar-refractivity contribution is 0.0600. The van der Waals surface area contributed by atoms with Crippen LogP contribution in [0.1, 0.15) is 58.1 Å². The van der Waals surface area contributed by atoms with Gasteiger partial charge in [-0.15, -0.1) is 0 Å². The first-order chi connectivity index (χ1) is 19.0. The van der Waals surface area contributed by atoms with Gasteiger partial charge in [-0.05, 0) is 79.6 Å². The number of rotatable bonds is 7. The number of carbonyl (C=O) groups is 2. The SMILES string of the molecule is COC(=O)c1ccc2c(c1)n1c(C(=O)c3ccc(OC)cc3)c(-c3ccc(OC)cc3)nc1n2C1CCCC1. The van der Waals surface area contributed by atoms with E-state index in [4.69, 9.17) is 19.2 Å². The fourth-order valence-corrected chi connectivity index (χ4v) is 5.62. The van der Waals surface area contributed by atoms with Gasteiger partial charge in [0.15, 0.2) is 0 Å². The number of nitrogens with zero attached hydrogens (tertiary/aromatic N) is 3. The number of ether oxygens (including phenoxy) is 3. The number of fused-ring (bicyclic) bond motifs is 3. The molecule has 1 saturated carbocycles. The van der Waals surface area contributed by atoms with Crippen molar-refractivity contribution in [3.8, 4) is 22.8 Å².